The number of hydrogen-bond acceptors (Lipinski definition) is 2. The van der Waals surface area contributed by atoms with Gasteiger partial charge in [-0.15, -0.1) is 0 Å². The molecule has 0 aromatic rings. The fourth-order valence-corrected chi connectivity index (χ4v) is 3.31. The average Bonchev–Trinajstić information content (AvgIpc) is 2.38. The number of aliphatic carboxylic acids is 1. The van der Waals surface area contributed by atoms with Crippen LogP contribution in [0, 0.1) is 5.92 Å². The smallest absolute Gasteiger partial charge is 0.320 e. The van der Waals surface area contributed by atoms with Crippen molar-refractivity contribution in [2.24, 2.45) is 5.92 Å². The van der Waals surface area contributed by atoms with E-state index in [9.17, 15) is 9.59 Å². The average molecular weight is 268 g/mol. The molecule has 0 aromatic carbocycles. The Labute approximate surface area is 114 Å². The molecule has 1 N–H and O–H groups in total. The van der Waals surface area contributed by atoms with Crippen LogP contribution >= 0.6 is 0 Å². The topological polar surface area (TPSA) is 60.9 Å². The molecule has 0 bridgehead atoms. The number of urea groups is 1. The summed E-state index contributed by atoms with van der Waals surface area (Å²) in [5.74, 6) is -1.18. The number of hydrogen-bond donors (Lipinski definition) is 1. The molecule has 2 aliphatic heterocycles. The van der Waals surface area contributed by atoms with Gasteiger partial charge in [0.25, 0.3) is 0 Å². The third-order valence-electron chi connectivity index (χ3n) is 4.46. The van der Waals surface area contributed by atoms with Crippen molar-refractivity contribution in [2.75, 3.05) is 13.1 Å². The van der Waals surface area contributed by atoms with E-state index in [0.717, 1.165) is 19.3 Å². The number of piperidine rings is 2. The molecule has 5 nitrogen and oxygen atoms in total. The van der Waals surface area contributed by atoms with Gasteiger partial charge in [0, 0.05) is 25.2 Å². The Bertz CT molecular complexity index is 349. The molecule has 2 rings (SSSR count). The Morgan fingerprint density at radius 2 is 1.68 bits per heavy atom. The maximum atomic E-state index is 12.6. The zero-order valence-corrected chi connectivity index (χ0v) is 11.8. The SMILES string of the molecule is CC1CCCC(C)N1C(=O)N1CCC[C@H](C(=O)O)C1. The van der Waals surface area contributed by atoms with Crippen LogP contribution in [0.3, 0.4) is 0 Å². The number of amides is 2. The lowest BCUT2D eigenvalue weighted by molar-refractivity contribution is -0.143. The van der Waals surface area contributed by atoms with Crippen LogP contribution < -0.4 is 0 Å². The quantitative estimate of drug-likeness (QED) is 0.792. The fraction of sp³-hybridized carbons (Fsp3) is 0.857. The maximum absolute atomic E-state index is 12.6. The number of likely N-dealkylation sites (tertiary alicyclic amines) is 2. The molecule has 0 saturated carbocycles. The molecule has 0 spiro atoms. The van der Waals surface area contributed by atoms with E-state index in [2.05, 4.69) is 13.8 Å². The Morgan fingerprint density at radius 3 is 2.26 bits per heavy atom. The number of rotatable bonds is 1. The standard InChI is InChI=1S/C14H24N2O3/c1-10-5-3-6-11(2)16(10)14(19)15-8-4-7-12(9-15)13(17)18/h10-12H,3-9H2,1-2H3,(H,17,18)/t10?,11?,12-/m0/s1. The van der Waals surface area contributed by atoms with Gasteiger partial charge in [0.15, 0.2) is 0 Å². The van der Waals surface area contributed by atoms with Gasteiger partial charge in [-0.05, 0) is 46.0 Å². The molecule has 5 heteroatoms. The highest BCUT2D eigenvalue weighted by molar-refractivity contribution is 5.77. The van der Waals surface area contributed by atoms with E-state index in [4.69, 9.17) is 5.11 Å². The lowest BCUT2D eigenvalue weighted by Gasteiger charge is -2.43. The van der Waals surface area contributed by atoms with E-state index in [1.165, 1.54) is 6.42 Å². The molecule has 2 aliphatic rings. The molecule has 2 saturated heterocycles. The second kappa shape index (κ2) is 5.80. The molecule has 2 amide bonds. The van der Waals surface area contributed by atoms with Crippen molar-refractivity contribution in [2.45, 2.75) is 58.0 Å². The summed E-state index contributed by atoms with van der Waals surface area (Å²) in [6, 6.07) is 0.563. The summed E-state index contributed by atoms with van der Waals surface area (Å²) < 4.78 is 0. The lowest BCUT2D eigenvalue weighted by Crippen LogP contribution is -2.55. The number of carbonyl (C=O) groups is 2. The predicted octanol–water partition coefficient (Wildman–Crippen LogP) is 2.17. The molecule has 19 heavy (non-hydrogen) atoms. The zero-order valence-electron chi connectivity index (χ0n) is 11.8. The van der Waals surface area contributed by atoms with E-state index in [1.807, 2.05) is 4.90 Å². The van der Waals surface area contributed by atoms with E-state index in [0.29, 0.717) is 19.5 Å². The number of carboxylic acid groups (broad SMARTS) is 1. The second-order valence-electron chi connectivity index (χ2n) is 5.94. The lowest BCUT2D eigenvalue weighted by atomic mass is 9.96. The molecular formula is C14H24N2O3. The van der Waals surface area contributed by atoms with Crippen LogP contribution in [0.25, 0.3) is 0 Å². The summed E-state index contributed by atoms with van der Waals surface area (Å²) in [6.45, 7) is 5.24. The summed E-state index contributed by atoms with van der Waals surface area (Å²) in [5.41, 5.74) is 0. The van der Waals surface area contributed by atoms with Crippen molar-refractivity contribution in [3.63, 3.8) is 0 Å². The van der Waals surface area contributed by atoms with Gasteiger partial charge in [-0.2, -0.15) is 0 Å². The molecular weight excluding hydrogens is 244 g/mol. The van der Waals surface area contributed by atoms with Crippen LogP contribution in [0.1, 0.15) is 46.0 Å². The first kappa shape index (κ1) is 14.2. The van der Waals surface area contributed by atoms with Gasteiger partial charge in [-0.25, -0.2) is 4.79 Å². The number of carbonyl (C=O) groups excluding carboxylic acids is 1. The van der Waals surface area contributed by atoms with Gasteiger partial charge in [-0.1, -0.05) is 0 Å². The van der Waals surface area contributed by atoms with Crippen molar-refractivity contribution in [3.8, 4) is 0 Å². The first-order valence-electron chi connectivity index (χ1n) is 7.30. The van der Waals surface area contributed by atoms with Gasteiger partial charge in [-0.3, -0.25) is 4.79 Å². The highest BCUT2D eigenvalue weighted by Gasteiger charge is 2.35. The van der Waals surface area contributed by atoms with E-state index in [-0.39, 0.29) is 18.1 Å². The number of carboxylic acids is 1. The summed E-state index contributed by atoms with van der Waals surface area (Å²) in [7, 11) is 0. The van der Waals surface area contributed by atoms with Crippen LogP contribution in [0.2, 0.25) is 0 Å². The molecule has 108 valence electrons. The molecule has 0 aromatic heterocycles. The summed E-state index contributed by atoms with van der Waals surface area (Å²) >= 11 is 0. The molecule has 3 atom stereocenters. The van der Waals surface area contributed by atoms with Crippen molar-refractivity contribution in [1.82, 2.24) is 9.80 Å². The Kier molecular flexibility index (Phi) is 4.32. The molecule has 2 unspecified atom stereocenters. The van der Waals surface area contributed by atoms with Gasteiger partial charge in [0.2, 0.25) is 0 Å². The van der Waals surface area contributed by atoms with Gasteiger partial charge in [0.05, 0.1) is 5.92 Å². The highest BCUT2D eigenvalue weighted by atomic mass is 16.4. The van der Waals surface area contributed by atoms with Gasteiger partial charge in [0.1, 0.15) is 0 Å². The Morgan fingerprint density at radius 1 is 1.05 bits per heavy atom. The molecule has 0 radical (unpaired) electrons. The van der Waals surface area contributed by atoms with Crippen LogP contribution in [0.5, 0.6) is 0 Å². The minimum Gasteiger partial charge on any atom is -0.481 e. The predicted molar refractivity (Wildman–Crippen MR) is 71.9 cm³/mol. The van der Waals surface area contributed by atoms with E-state index < -0.39 is 11.9 Å². The monoisotopic (exact) mass is 268 g/mol. The Balaban J connectivity index is 2.03. The first-order valence-corrected chi connectivity index (χ1v) is 7.30. The van der Waals surface area contributed by atoms with Crippen LogP contribution in [-0.4, -0.2) is 52.1 Å². The normalized spacial score (nSPS) is 32.2. The van der Waals surface area contributed by atoms with Crippen molar-refractivity contribution >= 4 is 12.0 Å². The number of nitrogens with zero attached hydrogens (tertiary/aromatic N) is 2. The third kappa shape index (κ3) is 3.01. The largest absolute Gasteiger partial charge is 0.481 e. The second-order valence-corrected chi connectivity index (χ2v) is 5.94. The fourth-order valence-electron chi connectivity index (χ4n) is 3.31. The van der Waals surface area contributed by atoms with Crippen molar-refractivity contribution in [1.29, 1.82) is 0 Å². The summed E-state index contributed by atoms with van der Waals surface area (Å²) in [6.07, 6.45) is 4.74. The van der Waals surface area contributed by atoms with Crippen molar-refractivity contribution < 1.29 is 14.7 Å². The molecule has 2 fully saturated rings. The minimum atomic E-state index is -0.780. The van der Waals surface area contributed by atoms with Crippen molar-refractivity contribution in [3.05, 3.63) is 0 Å². The highest BCUT2D eigenvalue weighted by Crippen LogP contribution is 2.26. The summed E-state index contributed by atoms with van der Waals surface area (Å²) in [4.78, 5) is 27.4. The first-order chi connectivity index (χ1) is 9.00. The minimum absolute atomic E-state index is 0.0330. The van der Waals surface area contributed by atoms with Gasteiger partial charge >= 0.3 is 12.0 Å². The van der Waals surface area contributed by atoms with Crippen LogP contribution in [0.4, 0.5) is 4.79 Å². The summed E-state index contributed by atoms with van der Waals surface area (Å²) in [5, 5.41) is 9.10. The third-order valence-corrected chi connectivity index (χ3v) is 4.46. The van der Waals surface area contributed by atoms with Crippen LogP contribution in [0.15, 0.2) is 0 Å². The zero-order chi connectivity index (χ0) is 14.0. The molecule has 0 aliphatic carbocycles. The molecule has 2 heterocycles. The van der Waals surface area contributed by atoms with E-state index >= 15 is 0 Å². The Hall–Kier alpha value is -1.26. The van der Waals surface area contributed by atoms with Gasteiger partial charge < -0.3 is 14.9 Å². The maximum Gasteiger partial charge on any atom is 0.320 e. The van der Waals surface area contributed by atoms with E-state index in [1.54, 1.807) is 4.90 Å². The van der Waals surface area contributed by atoms with Crippen LogP contribution in [-0.2, 0) is 4.79 Å².